The van der Waals surface area contributed by atoms with Crippen LogP contribution in [-0.4, -0.2) is 25.9 Å². The molecule has 0 aliphatic rings. The van der Waals surface area contributed by atoms with E-state index in [-0.39, 0.29) is 21.8 Å². The molecule has 0 unspecified atom stereocenters. The largest absolute Gasteiger partial charge is 0.411 e. The van der Waals surface area contributed by atoms with Crippen LogP contribution in [0.5, 0.6) is 0 Å². The summed E-state index contributed by atoms with van der Waals surface area (Å²) in [5, 5.41) is 23.7. The average molecular weight is 559 g/mol. The molecule has 0 saturated carbocycles. The molecule has 0 spiro atoms. The van der Waals surface area contributed by atoms with Gasteiger partial charge in [-0.25, -0.2) is 0 Å². The third-order valence-corrected chi connectivity index (χ3v) is 5.88. The molecular weight excluding hydrogens is 546 g/mol. The van der Waals surface area contributed by atoms with Gasteiger partial charge in [-0.05, 0) is 66.4 Å². The Balaban J connectivity index is 1.61. The predicted octanol–water partition coefficient (Wildman–Crippen LogP) is 6.46. The van der Waals surface area contributed by atoms with Crippen LogP contribution in [0, 0.1) is 10.1 Å². The van der Waals surface area contributed by atoms with Crippen LogP contribution in [0.1, 0.15) is 10.4 Å². The standard InChI is InChI=1S/C22H13BrClN5O4S/c23-15-3-1-2-14(12-15)20-26-28-22(33-20)34-21(19(30)13-4-6-16(24)7-5-13)27-25-17-8-10-18(11-9-17)29(31)32/h1-12,25H. The van der Waals surface area contributed by atoms with Gasteiger partial charge in [-0.2, -0.15) is 5.10 Å². The van der Waals surface area contributed by atoms with Gasteiger partial charge in [-0.1, -0.05) is 33.6 Å². The highest BCUT2D eigenvalue weighted by Crippen LogP contribution is 2.27. The van der Waals surface area contributed by atoms with E-state index in [2.05, 4.69) is 36.7 Å². The summed E-state index contributed by atoms with van der Waals surface area (Å²) in [6, 6.07) is 19.3. The molecule has 1 N–H and O–H groups in total. The van der Waals surface area contributed by atoms with Gasteiger partial charge in [0.05, 0.1) is 10.6 Å². The van der Waals surface area contributed by atoms with Gasteiger partial charge in [-0.15, -0.1) is 10.2 Å². The summed E-state index contributed by atoms with van der Waals surface area (Å²) in [5.41, 5.74) is 4.19. The highest BCUT2D eigenvalue weighted by Gasteiger charge is 2.20. The lowest BCUT2D eigenvalue weighted by Crippen LogP contribution is -2.13. The maximum absolute atomic E-state index is 13.1. The maximum Gasteiger partial charge on any atom is 0.283 e. The first kappa shape index (κ1) is 23.6. The van der Waals surface area contributed by atoms with Crippen molar-refractivity contribution in [1.82, 2.24) is 10.2 Å². The molecule has 9 nitrogen and oxygen atoms in total. The van der Waals surface area contributed by atoms with Crippen LogP contribution in [0.4, 0.5) is 11.4 Å². The van der Waals surface area contributed by atoms with E-state index in [9.17, 15) is 14.9 Å². The number of aromatic nitrogens is 2. The molecule has 1 heterocycles. The molecule has 12 heteroatoms. The Morgan fingerprint density at radius 3 is 2.50 bits per heavy atom. The lowest BCUT2D eigenvalue weighted by molar-refractivity contribution is -0.384. The molecule has 0 saturated heterocycles. The number of carbonyl (C=O) groups is 1. The van der Waals surface area contributed by atoms with Crippen molar-refractivity contribution >= 4 is 61.5 Å². The molecule has 0 radical (unpaired) electrons. The van der Waals surface area contributed by atoms with Gasteiger partial charge in [0.15, 0.2) is 5.04 Å². The summed E-state index contributed by atoms with van der Waals surface area (Å²) in [6.07, 6.45) is 0. The van der Waals surface area contributed by atoms with E-state index in [0.29, 0.717) is 21.8 Å². The van der Waals surface area contributed by atoms with Gasteiger partial charge >= 0.3 is 0 Å². The fourth-order valence-electron chi connectivity index (χ4n) is 2.69. The van der Waals surface area contributed by atoms with Crippen LogP contribution in [0.2, 0.25) is 5.02 Å². The second kappa shape index (κ2) is 10.6. The molecule has 170 valence electrons. The van der Waals surface area contributed by atoms with Crippen molar-refractivity contribution in [2.75, 3.05) is 5.43 Å². The number of benzene rings is 3. The molecule has 4 rings (SSSR count). The molecule has 4 aromatic rings. The Morgan fingerprint density at radius 1 is 1.09 bits per heavy atom. The predicted molar refractivity (Wildman–Crippen MR) is 133 cm³/mol. The zero-order valence-corrected chi connectivity index (χ0v) is 20.2. The second-order valence-corrected chi connectivity index (χ2v) is 8.95. The van der Waals surface area contributed by atoms with Crippen LogP contribution in [-0.2, 0) is 0 Å². The number of halogens is 2. The number of non-ortho nitro benzene ring substituents is 1. The monoisotopic (exact) mass is 557 g/mol. The molecule has 0 bridgehead atoms. The van der Waals surface area contributed by atoms with E-state index in [0.717, 1.165) is 16.2 Å². The van der Waals surface area contributed by atoms with E-state index in [1.165, 1.54) is 24.3 Å². The van der Waals surface area contributed by atoms with Crippen LogP contribution in [0.15, 0.2) is 92.0 Å². The van der Waals surface area contributed by atoms with Crippen molar-refractivity contribution in [3.63, 3.8) is 0 Å². The molecule has 0 fully saturated rings. The number of anilines is 1. The Hall–Kier alpha value is -3.54. The molecule has 0 amide bonds. The van der Waals surface area contributed by atoms with Gasteiger partial charge in [0, 0.05) is 32.8 Å². The van der Waals surface area contributed by atoms with Crippen molar-refractivity contribution in [2.45, 2.75) is 5.22 Å². The number of hydrazone groups is 1. The molecular formula is C22H13BrClN5O4S. The van der Waals surface area contributed by atoms with Crippen molar-refractivity contribution in [1.29, 1.82) is 0 Å². The normalized spacial score (nSPS) is 11.3. The van der Waals surface area contributed by atoms with Gasteiger partial charge in [-0.3, -0.25) is 20.3 Å². The number of Topliss-reactive ketones (excluding diaryl/α,β-unsaturated/α-hetero) is 1. The fourth-order valence-corrected chi connectivity index (χ4v) is 3.88. The van der Waals surface area contributed by atoms with Crippen molar-refractivity contribution in [3.8, 4) is 11.5 Å². The summed E-state index contributed by atoms with van der Waals surface area (Å²) >= 11 is 10.2. The van der Waals surface area contributed by atoms with E-state index < -0.39 is 10.7 Å². The maximum atomic E-state index is 13.1. The number of hydrogen-bond acceptors (Lipinski definition) is 9. The number of nitrogens with zero attached hydrogens (tertiary/aromatic N) is 4. The molecule has 0 aliphatic carbocycles. The number of nitrogens with one attached hydrogen (secondary N) is 1. The molecule has 34 heavy (non-hydrogen) atoms. The number of ketones is 1. The summed E-state index contributed by atoms with van der Waals surface area (Å²) in [5.74, 6) is -0.122. The molecule has 0 aliphatic heterocycles. The number of nitro groups is 1. The minimum atomic E-state index is -0.503. The smallest absolute Gasteiger partial charge is 0.283 e. The summed E-state index contributed by atoms with van der Waals surface area (Å²) in [4.78, 5) is 23.5. The lowest BCUT2D eigenvalue weighted by atomic mass is 10.1. The number of hydrogen-bond donors (Lipinski definition) is 1. The van der Waals surface area contributed by atoms with Gasteiger partial charge in [0.1, 0.15) is 0 Å². The highest BCUT2D eigenvalue weighted by molar-refractivity contribution is 9.10. The third-order valence-electron chi connectivity index (χ3n) is 4.33. The first-order valence-electron chi connectivity index (χ1n) is 9.55. The number of nitro benzene ring substituents is 1. The van der Waals surface area contributed by atoms with Gasteiger partial charge in [0.2, 0.25) is 11.7 Å². The SMILES string of the molecule is O=C(C(=NNc1ccc([N+](=O)[O-])cc1)Sc1nnc(-c2cccc(Br)c2)o1)c1ccc(Cl)cc1. The van der Waals surface area contributed by atoms with Crippen LogP contribution < -0.4 is 5.43 Å². The minimum Gasteiger partial charge on any atom is -0.411 e. The van der Waals surface area contributed by atoms with Crippen LogP contribution >= 0.6 is 39.3 Å². The zero-order chi connectivity index (χ0) is 24.1. The van der Waals surface area contributed by atoms with Gasteiger partial charge < -0.3 is 4.42 Å². The van der Waals surface area contributed by atoms with Crippen LogP contribution in [0.25, 0.3) is 11.5 Å². The number of carbonyl (C=O) groups excluding carboxylic acids is 1. The van der Waals surface area contributed by atoms with Crippen molar-refractivity contribution < 1.29 is 14.1 Å². The first-order valence-corrected chi connectivity index (χ1v) is 11.5. The lowest BCUT2D eigenvalue weighted by Gasteiger charge is -2.05. The average Bonchev–Trinajstić information content (AvgIpc) is 3.31. The van der Waals surface area contributed by atoms with E-state index >= 15 is 0 Å². The van der Waals surface area contributed by atoms with Crippen molar-refractivity contribution in [3.05, 3.63) is 98.0 Å². The highest BCUT2D eigenvalue weighted by atomic mass is 79.9. The fraction of sp³-hybridized carbons (Fsp3) is 0. The summed E-state index contributed by atoms with van der Waals surface area (Å²) in [7, 11) is 0. The zero-order valence-electron chi connectivity index (χ0n) is 17.0. The quantitative estimate of drug-likeness (QED) is 0.0684. The third kappa shape index (κ3) is 5.87. The van der Waals surface area contributed by atoms with Crippen LogP contribution in [0.3, 0.4) is 0 Å². The van der Waals surface area contributed by atoms with E-state index in [1.54, 1.807) is 24.3 Å². The number of thioether (sulfide) groups is 1. The van der Waals surface area contributed by atoms with Crippen molar-refractivity contribution in [2.24, 2.45) is 5.10 Å². The second-order valence-electron chi connectivity index (χ2n) is 6.65. The Morgan fingerprint density at radius 2 is 1.82 bits per heavy atom. The summed E-state index contributed by atoms with van der Waals surface area (Å²) < 4.78 is 6.57. The Bertz CT molecular complexity index is 1380. The first-order chi connectivity index (χ1) is 16.4. The van der Waals surface area contributed by atoms with Gasteiger partial charge in [0.25, 0.3) is 10.9 Å². The molecule has 1 aromatic heterocycles. The molecule has 3 aromatic carbocycles. The Labute approximate surface area is 210 Å². The minimum absolute atomic E-state index is 0.0186. The van der Waals surface area contributed by atoms with E-state index in [1.807, 2.05) is 24.3 Å². The Kier molecular flexibility index (Phi) is 7.36. The topological polar surface area (TPSA) is 124 Å². The van der Waals surface area contributed by atoms with E-state index in [4.69, 9.17) is 16.0 Å². The molecule has 0 atom stereocenters. The summed E-state index contributed by atoms with van der Waals surface area (Å²) in [6.45, 7) is 0. The number of rotatable bonds is 7.